The van der Waals surface area contributed by atoms with Crippen LogP contribution in [0.25, 0.3) is 78.9 Å². The largest absolute Gasteiger partial charge is 0.255 e. The molecule has 50 heavy (non-hydrogen) atoms. The molecule has 6 heteroatoms. The fourth-order valence-corrected chi connectivity index (χ4v) is 5.83. The van der Waals surface area contributed by atoms with Crippen molar-refractivity contribution in [3.63, 3.8) is 0 Å². The molecule has 0 aliphatic carbocycles. The fourth-order valence-electron chi connectivity index (χ4n) is 5.83. The number of hydrogen-bond acceptors (Lipinski definition) is 6. The van der Waals surface area contributed by atoms with Crippen LogP contribution in [0.5, 0.6) is 0 Å². The lowest BCUT2D eigenvalue weighted by atomic mass is 10.0. The minimum atomic E-state index is 0.615. The lowest BCUT2D eigenvalue weighted by Crippen LogP contribution is -1.96. The summed E-state index contributed by atoms with van der Waals surface area (Å²) in [6.45, 7) is 0. The zero-order valence-electron chi connectivity index (χ0n) is 26.8. The Bertz CT molecular complexity index is 2380. The summed E-state index contributed by atoms with van der Waals surface area (Å²) in [5.74, 6) is 0.689. The summed E-state index contributed by atoms with van der Waals surface area (Å²) in [4.78, 5) is 24.2. The monoisotopic (exact) mass is 640 g/mol. The van der Waals surface area contributed by atoms with Crippen LogP contribution in [-0.4, -0.2) is 24.9 Å². The van der Waals surface area contributed by atoms with E-state index in [0.29, 0.717) is 11.4 Å². The third-order valence-corrected chi connectivity index (χ3v) is 8.47. The van der Waals surface area contributed by atoms with Gasteiger partial charge in [-0.2, -0.15) is 5.26 Å². The number of nitriles is 1. The Labute approximate surface area is 290 Å². The summed E-state index contributed by atoms with van der Waals surface area (Å²) in [6.07, 6.45) is 3.64. The molecule has 8 aromatic rings. The second-order valence-corrected chi connectivity index (χ2v) is 11.7. The van der Waals surface area contributed by atoms with E-state index in [1.54, 1.807) is 6.20 Å². The molecule has 4 heterocycles. The molecule has 0 saturated heterocycles. The number of benzene rings is 4. The normalized spacial score (nSPS) is 10.8. The summed E-state index contributed by atoms with van der Waals surface area (Å²) in [7, 11) is 0. The van der Waals surface area contributed by atoms with E-state index in [0.717, 1.165) is 73.1 Å². The summed E-state index contributed by atoms with van der Waals surface area (Å²) >= 11 is 0. The number of hydrogen-bond donors (Lipinski definition) is 0. The molecular weight excluding hydrogens is 613 g/mol. The van der Waals surface area contributed by atoms with Gasteiger partial charge < -0.3 is 0 Å². The maximum Gasteiger partial charge on any atom is 0.160 e. The SMILES string of the molecule is N#Cc1ccc(-c2cc(-c3ccccn3)nc(-c3ccc(-c4ccc(-c5cc(-c6ccccc6)nc(-c6ccccc6)n5)cc4)cn3)c2)cc1. The highest BCUT2D eigenvalue weighted by Gasteiger charge is 2.13. The molecule has 0 saturated carbocycles. The summed E-state index contributed by atoms with van der Waals surface area (Å²) < 4.78 is 0. The Balaban J connectivity index is 1.11. The fraction of sp³-hybridized carbons (Fsp3) is 0. The molecule has 4 aromatic carbocycles. The molecule has 0 fully saturated rings. The van der Waals surface area contributed by atoms with E-state index in [4.69, 9.17) is 19.9 Å². The van der Waals surface area contributed by atoms with Crippen molar-refractivity contribution in [2.75, 3.05) is 0 Å². The number of aromatic nitrogens is 5. The van der Waals surface area contributed by atoms with E-state index in [-0.39, 0.29) is 0 Å². The smallest absolute Gasteiger partial charge is 0.160 e. The highest BCUT2D eigenvalue weighted by Crippen LogP contribution is 2.32. The van der Waals surface area contributed by atoms with Crippen molar-refractivity contribution in [1.82, 2.24) is 24.9 Å². The molecule has 0 atom stereocenters. The summed E-state index contributed by atoms with van der Waals surface area (Å²) in [5.41, 5.74) is 12.4. The number of pyridine rings is 3. The van der Waals surface area contributed by atoms with E-state index in [1.165, 1.54) is 0 Å². The molecule has 6 nitrogen and oxygen atoms in total. The van der Waals surface area contributed by atoms with Crippen LogP contribution >= 0.6 is 0 Å². The molecular formula is C44H28N6. The Morgan fingerprint density at radius 2 is 0.900 bits per heavy atom. The van der Waals surface area contributed by atoms with Gasteiger partial charge >= 0.3 is 0 Å². The van der Waals surface area contributed by atoms with Crippen molar-refractivity contribution < 1.29 is 0 Å². The van der Waals surface area contributed by atoms with E-state index < -0.39 is 0 Å². The van der Waals surface area contributed by atoms with Gasteiger partial charge in [0, 0.05) is 34.6 Å². The Morgan fingerprint density at radius 1 is 0.360 bits per heavy atom. The first-order valence-electron chi connectivity index (χ1n) is 16.2. The van der Waals surface area contributed by atoms with E-state index >= 15 is 0 Å². The third-order valence-electron chi connectivity index (χ3n) is 8.47. The van der Waals surface area contributed by atoms with Crippen molar-refractivity contribution >= 4 is 0 Å². The van der Waals surface area contributed by atoms with Gasteiger partial charge in [0.15, 0.2) is 5.82 Å². The molecule has 0 N–H and O–H groups in total. The highest BCUT2D eigenvalue weighted by atomic mass is 14.9. The molecule has 0 amide bonds. The second kappa shape index (κ2) is 13.6. The Kier molecular flexibility index (Phi) is 8.20. The summed E-state index contributed by atoms with van der Waals surface area (Å²) in [6, 6.07) is 54.3. The predicted molar refractivity (Wildman–Crippen MR) is 198 cm³/mol. The predicted octanol–water partition coefficient (Wildman–Crippen LogP) is 10.2. The van der Waals surface area contributed by atoms with Gasteiger partial charge in [-0.15, -0.1) is 0 Å². The topological polar surface area (TPSA) is 88.2 Å². The Morgan fingerprint density at radius 3 is 1.50 bits per heavy atom. The van der Waals surface area contributed by atoms with Gasteiger partial charge in [-0.1, -0.05) is 109 Å². The molecule has 0 radical (unpaired) electrons. The molecule has 4 aromatic heterocycles. The van der Waals surface area contributed by atoms with Crippen LogP contribution in [0.3, 0.4) is 0 Å². The minimum Gasteiger partial charge on any atom is -0.255 e. The molecule has 0 spiro atoms. The molecule has 234 valence electrons. The maximum absolute atomic E-state index is 9.27. The van der Waals surface area contributed by atoms with Crippen molar-refractivity contribution in [3.05, 3.63) is 176 Å². The zero-order valence-corrected chi connectivity index (χ0v) is 26.8. The molecule has 0 unspecified atom stereocenters. The number of nitrogens with zero attached hydrogens (tertiary/aromatic N) is 6. The van der Waals surface area contributed by atoms with Crippen LogP contribution in [0.4, 0.5) is 0 Å². The zero-order chi connectivity index (χ0) is 33.7. The first-order chi connectivity index (χ1) is 24.7. The lowest BCUT2D eigenvalue weighted by Gasteiger charge is -2.11. The van der Waals surface area contributed by atoms with Gasteiger partial charge in [-0.05, 0) is 65.2 Å². The van der Waals surface area contributed by atoms with Gasteiger partial charge in [-0.25, -0.2) is 15.0 Å². The van der Waals surface area contributed by atoms with Crippen LogP contribution in [0.1, 0.15) is 5.56 Å². The van der Waals surface area contributed by atoms with Crippen molar-refractivity contribution in [2.24, 2.45) is 0 Å². The molecule has 8 rings (SSSR count). The standard InChI is InChI=1S/C44H28N6/c45-28-30-14-16-32(17-15-30)37-25-42(38-13-7-8-24-46-38)48-43(26-37)39-23-22-36(29-47-39)31-18-20-34(21-19-31)41-27-40(33-9-3-1-4-10-33)49-44(50-41)35-11-5-2-6-12-35/h1-27,29H. The number of rotatable bonds is 7. The van der Waals surface area contributed by atoms with Gasteiger partial charge in [0.25, 0.3) is 0 Å². The van der Waals surface area contributed by atoms with E-state index in [9.17, 15) is 5.26 Å². The van der Waals surface area contributed by atoms with Crippen molar-refractivity contribution in [2.45, 2.75) is 0 Å². The maximum atomic E-state index is 9.27. The summed E-state index contributed by atoms with van der Waals surface area (Å²) in [5, 5.41) is 9.27. The minimum absolute atomic E-state index is 0.615. The highest BCUT2D eigenvalue weighted by molar-refractivity contribution is 5.77. The van der Waals surface area contributed by atoms with Crippen LogP contribution in [0, 0.1) is 11.3 Å². The first kappa shape index (κ1) is 30.2. The van der Waals surface area contributed by atoms with Crippen LogP contribution in [0.15, 0.2) is 170 Å². The van der Waals surface area contributed by atoms with Gasteiger partial charge in [0.2, 0.25) is 0 Å². The van der Waals surface area contributed by atoms with Gasteiger partial charge in [0.05, 0.1) is 45.8 Å². The van der Waals surface area contributed by atoms with Gasteiger partial charge in [0.1, 0.15) is 0 Å². The quantitative estimate of drug-likeness (QED) is 0.172. The third kappa shape index (κ3) is 6.40. The van der Waals surface area contributed by atoms with E-state index in [2.05, 4.69) is 53.5 Å². The van der Waals surface area contributed by atoms with E-state index in [1.807, 2.05) is 121 Å². The Hall–Kier alpha value is -7.10. The first-order valence-corrected chi connectivity index (χ1v) is 16.2. The molecule has 0 aliphatic rings. The van der Waals surface area contributed by atoms with Crippen molar-refractivity contribution in [3.8, 4) is 85.0 Å². The van der Waals surface area contributed by atoms with Crippen LogP contribution in [0.2, 0.25) is 0 Å². The van der Waals surface area contributed by atoms with Crippen LogP contribution < -0.4 is 0 Å². The van der Waals surface area contributed by atoms with Gasteiger partial charge in [-0.3, -0.25) is 9.97 Å². The lowest BCUT2D eigenvalue weighted by molar-refractivity contribution is 1.18. The molecule has 0 bridgehead atoms. The average molecular weight is 641 g/mol. The molecule has 0 aliphatic heterocycles. The van der Waals surface area contributed by atoms with Crippen molar-refractivity contribution in [1.29, 1.82) is 5.26 Å². The second-order valence-electron chi connectivity index (χ2n) is 11.7. The average Bonchev–Trinajstić information content (AvgIpc) is 3.21. The van der Waals surface area contributed by atoms with Crippen LogP contribution in [-0.2, 0) is 0 Å².